The summed E-state index contributed by atoms with van der Waals surface area (Å²) in [5.74, 6) is 1.03. The van der Waals surface area contributed by atoms with Crippen LogP contribution in [0.2, 0.25) is 0 Å². The van der Waals surface area contributed by atoms with Crippen LogP contribution >= 0.6 is 0 Å². The Morgan fingerprint density at radius 1 is 1.00 bits per heavy atom. The van der Waals surface area contributed by atoms with Gasteiger partial charge in [0.25, 0.3) is 0 Å². The molecule has 3 aliphatic rings. The lowest BCUT2D eigenvalue weighted by Crippen LogP contribution is -2.42. The Morgan fingerprint density at radius 2 is 1.79 bits per heavy atom. The molecule has 1 aromatic heterocycles. The highest BCUT2D eigenvalue weighted by atomic mass is 32.2. The largest absolute Gasteiger partial charge is 0.376 e. The van der Waals surface area contributed by atoms with E-state index >= 15 is 0 Å². The van der Waals surface area contributed by atoms with Gasteiger partial charge in [0.15, 0.2) is 0 Å². The van der Waals surface area contributed by atoms with Crippen LogP contribution in [0.15, 0.2) is 35.2 Å². The van der Waals surface area contributed by atoms with Crippen molar-refractivity contribution in [3.05, 3.63) is 30.3 Å². The van der Waals surface area contributed by atoms with Gasteiger partial charge in [-0.25, -0.2) is 13.4 Å². The molecule has 1 atom stereocenters. The first-order valence-electron chi connectivity index (χ1n) is 12.6. The van der Waals surface area contributed by atoms with E-state index in [4.69, 9.17) is 9.72 Å². The zero-order valence-corrected chi connectivity index (χ0v) is 20.4. The number of nitrogens with zero attached hydrogens (tertiary/aromatic N) is 3. The van der Waals surface area contributed by atoms with Crippen LogP contribution in [-0.2, 0) is 19.6 Å². The average molecular weight is 487 g/mol. The minimum atomic E-state index is -3.46. The summed E-state index contributed by atoms with van der Waals surface area (Å²) in [6.45, 7) is 4.16. The molecule has 0 unspecified atom stereocenters. The van der Waals surface area contributed by atoms with E-state index < -0.39 is 10.0 Å². The number of sulfonamides is 1. The fourth-order valence-electron chi connectivity index (χ4n) is 5.22. The van der Waals surface area contributed by atoms with E-state index in [2.05, 4.69) is 10.2 Å². The van der Waals surface area contributed by atoms with E-state index in [1.807, 2.05) is 12.1 Å². The standard InChI is InChI=1S/C25H34N4O4S/c30-25(26-18-21-5-4-16-33-21)19-10-14-28(15-11-19)24-9-6-20-17-22(7-8-23(20)27-24)34(31,32)29-12-2-1-3-13-29/h6-9,17,19,21H,1-5,10-16,18H2,(H,26,30)/t21-/m0/s1. The van der Waals surface area contributed by atoms with Crippen LogP contribution in [0.1, 0.15) is 44.9 Å². The monoisotopic (exact) mass is 486 g/mol. The van der Waals surface area contributed by atoms with Crippen molar-refractivity contribution in [3.8, 4) is 0 Å². The number of ether oxygens (including phenoxy) is 1. The third-order valence-corrected chi connectivity index (χ3v) is 9.21. The number of hydrogen-bond acceptors (Lipinski definition) is 6. The van der Waals surface area contributed by atoms with E-state index in [1.165, 1.54) is 0 Å². The molecule has 2 aromatic rings. The average Bonchev–Trinajstić information content (AvgIpc) is 3.41. The molecular weight excluding hydrogens is 452 g/mol. The fraction of sp³-hybridized carbons (Fsp3) is 0.600. The van der Waals surface area contributed by atoms with E-state index in [1.54, 1.807) is 22.5 Å². The van der Waals surface area contributed by atoms with Gasteiger partial charge in [-0.2, -0.15) is 4.31 Å². The Kier molecular flexibility index (Phi) is 7.04. The quantitative estimate of drug-likeness (QED) is 0.675. The number of rotatable bonds is 6. The first-order chi connectivity index (χ1) is 16.5. The second-order valence-electron chi connectivity index (χ2n) is 9.63. The fourth-order valence-corrected chi connectivity index (χ4v) is 6.77. The van der Waals surface area contributed by atoms with E-state index in [9.17, 15) is 13.2 Å². The minimum Gasteiger partial charge on any atom is -0.376 e. The van der Waals surface area contributed by atoms with Crippen LogP contribution in [0.5, 0.6) is 0 Å². The molecule has 5 rings (SSSR count). The number of carbonyl (C=O) groups excluding carboxylic acids is 1. The van der Waals surface area contributed by atoms with Crippen molar-refractivity contribution in [2.24, 2.45) is 5.92 Å². The van der Waals surface area contributed by atoms with Crippen molar-refractivity contribution in [1.82, 2.24) is 14.6 Å². The molecule has 4 heterocycles. The van der Waals surface area contributed by atoms with Crippen LogP contribution in [0, 0.1) is 5.92 Å². The van der Waals surface area contributed by atoms with E-state index in [0.29, 0.717) is 24.5 Å². The summed E-state index contributed by atoms with van der Waals surface area (Å²) in [4.78, 5) is 19.9. The first kappa shape index (κ1) is 23.5. The number of carbonyl (C=O) groups is 1. The molecule has 3 aliphatic heterocycles. The summed E-state index contributed by atoms with van der Waals surface area (Å²) in [6.07, 6.45) is 6.80. The number of anilines is 1. The second kappa shape index (κ2) is 10.2. The van der Waals surface area contributed by atoms with Gasteiger partial charge in [0, 0.05) is 50.6 Å². The molecule has 0 bridgehead atoms. The van der Waals surface area contributed by atoms with Crippen molar-refractivity contribution in [1.29, 1.82) is 0 Å². The summed E-state index contributed by atoms with van der Waals surface area (Å²) >= 11 is 0. The Balaban J connectivity index is 1.21. The van der Waals surface area contributed by atoms with Gasteiger partial charge >= 0.3 is 0 Å². The SMILES string of the molecule is O=C(NC[C@@H]1CCCO1)C1CCN(c2ccc3cc(S(=O)(=O)N4CCCCC4)ccc3n2)CC1. The van der Waals surface area contributed by atoms with Gasteiger partial charge in [-0.3, -0.25) is 4.79 Å². The number of nitrogens with one attached hydrogen (secondary N) is 1. The maximum atomic E-state index is 13.0. The van der Waals surface area contributed by atoms with Gasteiger partial charge in [-0.05, 0) is 68.9 Å². The molecule has 3 fully saturated rings. The lowest BCUT2D eigenvalue weighted by atomic mass is 9.95. The van der Waals surface area contributed by atoms with Gasteiger partial charge in [-0.15, -0.1) is 0 Å². The molecule has 0 radical (unpaired) electrons. The number of fused-ring (bicyclic) bond motifs is 1. The highest BCUT2D eigenvalue weighted by Crippen LogP contribution is 2.27. The zero-order chi connectivity index (χ0) is 23.5. The molecular formula is C25H34N4O4S. The smallest absolute Gasteiger partial charge is 0.243 e. The molecule has 3 saturated heterocycles. The summed E-state index contributed by atoms with van der Waals surface area (Å²) in [5, 5.41) is 3.89. The van der Waals surface area contributed by atoms with Crippen LogP contribution in [-0.4, -0.2) is 69.0 Å². The molecule has 0 saturated carbocycles. The van der Waals surface area contributed by atoms with Gasteiger partial charge in [0.1, 0.15) is 5.82 Å². The van der Waals surface area contributed by atoms with Crippen LogP contribution in [0.4, 0.5) is 5.82 Å². The second-order valence-corrected chi connectivity index (χ2v) is 11.6. The molecule has 0 spiro atoms. The molecule has 1 aromatic carbocycles. The molecule has 0 aliphatic carbocycles. The highest BCUT2D eigenvalue weighted by molar-refractivity contribution is 7.89. The van der Waals surface area contributed by atoms with Gasteiger partial charge in [0.2, 0.25) is 15.9 Å². The zero-order valence-electron chi connectivity index (χ0n) is 19.6. The summed E-state index contributed by atoms with van der Waals surface area (Å²) in [5.41, 5.74) is 0.784. The molecule has 1 amide bonds. The molecule has 9 heteroatoms. The number of pyridine rings is 1. The van der Waals surface area contributed by atoms with Crippen molar-refractivity contribution in [2.45, 2.75) is 55.9 Å². The molecule has 1 N–H and O–H groups in total. The summed E-state index contributed by atoms with van der Waals surface area (Å²) in [7, 11) is -3.46. The Hall–Kier alpha value is -2.23. The van der Waals surface area contributed by atoms with Crippen LogP contribution in [0.25, 0.3) is 10.9 Å². The minimum absolute atomic E-state index is 0.0284. The molecule has 8 nitrogen and oxygen atoms in total. The number of hydrogen-bond donors (Lipinski definition) is 1. The lowest BCUT2D eigenvalue weighted by molar-refractivity contribution is -0.126. The van der Waals surface area contributed by atoms with Crippen molar-refractivity contribution in [2.75, 3.05) is 44.2 Å². The summed E-state index contributed by atoms with van der Waals surface area (Å²) in [6, 6.07) is 9.13. The number of amides is 1. The maximum Gasteiger partial charge on any atom is 0.243 e. The Labute approximate surface area is 201 Å². The topological polar surface area (TPSA) is 91.8 Å². The van der Waals surface area contributed by atoms with E-state index in [0.717, 1.165) is 81.4 Å². The molecule has 184 valence electrons. The van der Waals surface area contributed by atoms with Crippen molar-refractivity contribution in [3.63, 3.8) is 0 Å². The van der Waals surface area contributed by atoms with Gasteiger partial charge in [-0.1, -0.05) is 6.42 Å². The number of aromatic nitrogens is 1. The van der Waals surface area contributed by atoms with Crippen LogP contribution < -0.4 is 10.2 Å². The van der Waals surface area contributed by atoms with E-state index in [-0.39, 0.29) is 17.9 Å². The van der Waals surface area contributed by atoms with Crippen molar-refractivity contribution < 1.29 is 17.9 Å². The normalized spacial score (nSPS) is 22.8. The lowest BCUT2D eigenvalue weighted by Gasteiger charge is -2.32. The highest BCUT2D eigenvalue weighted by Gasteiger charge is 2.28. The predicted octanol–water partition coefficient (Wildman–Crippen LogP) is 2.92. The van der Waals surface area contributed by atoms with Gasteiger partial charge < -0.3 is 15.0 Å². The third kappa shape index (κ3) is 5.06. The maximum absolute atomic E-state index is 13.0. The van der Waals surface area contributed by atoms with Gasteiger partial charge in [0.05, 0.1) is 16.5 Å². The third-order valence-electron chi connectivity index (χ3n) is 7.32. The predicted molar refractivity (Wildman–Crippen MR) is 131 cm³/mol. The Morgan fingerprint density at radius 3 is 2.53 bits per heavy atom. The molecule has 34 heavy (non-hydrogen) atoms. The first-order valence-corrected chi connectivity index (χ1v) is 14.0. The van der Waals surface area contributed by atoms with Crippen LogP contribution in [0.3, 0.4) is 0 Å². The van der Waals surface area contributed by atoms with Crippen molar-refractivity contribution >= 4 is 32.7 Å². The Bertz CT molecular complexity index is 1120. The number of benzene rings is 1. The summed E-state index contributed by atoms with van der Waals surface area (Å²) < 4.78 is 33.2. The number of piperidine rings is 2.